The molecule has 0 spiro atoms. The average molecular weight is 199 g/mol. The molecule has 0 aromatic heterocycles. The monoisotopic (exact) mass is 199 g/mol. The lowest BCUT2D eigenvalue weighted by Gasteiger charge is -2.28. The van der Waals surface area contributed by atoms with Crippen molar-refractivity contribution < 1.29 is 5.11 Å². The lowest BCUT2D eigenvalue weighted by atomic mass is 9.85. The number of hydrogen-bond donors (Lipinski definition) is 1. The Kier molecular flexibility index (Phi) is 4.39. The molecule has 0 aromatic rings. The van der Waals surface area contributed by atoms with Crippen molar-refractivity contribution in [3.05, 3.63) is 0 Å². The van der Waals surface area contributed by atoms with Crippen LogP contribution in [0.2, 0.25) is 0 Å². The van der Waals surface area contributed by atoms with E-state index in [9.17, 15) is 5.11 Å². The van der Waals surface area contributed by atoms with Crippen molar-refractivity contribution in [2.45, 2.75) is 40.0 Å². The van der Waals surface area contributed by atoms with Crippen molar-refractivity contribution in [2.24, 2.45) is 11.3 Å². The lowest BCUT2D eigenvalue weighted by molar-refractivity contribution is 0.140. The van der Waals surface area contributed by atoms with Crippen LogP contribution in [0.25, 0.3) is 0 Å². The first-order valence-corrected chi connectivity index (χ1v) is 5.84. The Morgan fingerprint density at radius 3 is 2.21 bits per heavy atom. The van der Waals surface area contributed by atoms with Gasteiger partial charge in [-0.15, -0.1) is 0 Å². The highest BCUT2D eigenvalue weighted by Gasteiger charge is 2.21. The second kappa shape index (κ2) is 5.13. The average Bonchev–Trinajstić information content (AvgIpc) is 2.53. The molecule has 0 aliphatic carbocycles. The standard InChI is InChI=1S/C12H25NO/c1-12(2,3)8-11(10-14)9-13-6-4-5-7-13/h11,14H,4-10H2,1-3H3. The third kappa shape index (κ3) is 4.43. The first-order chi connectivity index (χ1) is 6.51. The summed E-state index contributed by atoms with van der Waals surface area (Å²) in [5.41, 5.74) is 0.340. The molecule has 1 rings (SSSR count). The van der Waals surface area contributed by atoms with Gasteiger partial charge in [0.25, 0.3) is 0 Å². The smallest absolute Gasteiger partial charge is 0.0471 e. The maximum Gasteiger partial charge on any atom is 0.0471 e. The molecule has 0 bridgehead atoms. The number of nitrogens with zero attached hydrogens (tertiary/aromatic N) is 1. The zero-order valence-electron chi connectivity index (χ0n) is 9.92. The van der Waals surface area contributed by atoms with Gasteiger partial charge in [-0.05, 0) is 43.7 Å². The van der Waals surface area contributed by atoms with Gasteiger partial charge in [-0.2, -0.15) is 0 Å². The molecule has 1 heterocycles. The van der Waals surface area contributed by atoms with Crippen LogP contribution in [-0.2, 0) is 0 Å². The Labute approximate surface area is 88.3 Å². The molecule has 0 radical (unpaired) electrons. The molecule has 1 unspecified atom stereocenters. The van der Waals surface area contributed by atoms with E-state index in [4.69, 9.17) is 0 Å². The minimum Gasteiger partial charge on any atom is -0.396 e. The quantitative estimate of drug-likeness (QED) is 0.749. The summed E-state index contributed by atoms with van der Waals surface area (Å²) >= 11 is 0. The fourth-order valence-electron chi connectivity index (χ4n) is 2.38. The van der Waals surface area contributed by atoms with Gasteiger partial charge in [-0.1, -0.05) is 20.8 Å². The van der Waals surface area contributed by atoms with E-state index in [0.717, 1.165) is 13.0 Å². The normalized spacial score (nSPS) is 21.4. The number of aliphatic hydroxyl groups is 1. The summed E-state index contributed by atoms with van der Waals surface area (Å²) in [5.74, 6) is 0.466. The molecular weight excluding hydrogens is 174 g/mol. The van der Waals surface area contributed by atoms with Gasteiger partial charge in [0, 0.05) is 13.2 Å². The topological polar surface area (TPSA) is 23.5 Å². The Morgan fingerprint density at radius 2 is 1.79 bits per heavy atom. The minimum atomic E-state index is 0.340. The van der Waals surface area contributed by atoms with Crippen molar-refractivity contribution in [1.82, 2.24) is 4.90 Å². The molecule has 1 aliphatic heterocycles. The van der Waals surface area contributed by atoms with Crippen LogP contribution in [0.4, 0.5) is 0 Å². The summed E-state index contributed by atoms with van der Waals surface area (Å²) in [6.07, 6.45) is 3.81. The predicted molar refractivity (Wildman–Crippen MR) is 60.3 cm³/mol. The largest absolute Gasteiger partial charge is 0.396 e. The van der Waals surface area contributed by atoms with E-state index in [2.05, 4.69) is 25.7 Å². The molecule has 1 aliphatic rings. The highest BCUT2D eigenvalue weighted by atomic mass is 16.3. The Morgan fingerprint density at radius 1 is 1.21 bits per heavy atom. The Bertz CT molecular complexity index is 156. The lowest BCUT2D eigenvalue weighted by Crippen LogP contribution is -2.30. The molecule has 1 atom stereocenters. The molecule has 1 fully saturated rings. The van der Waals surface area contributed by atoms with Crippen molar-refractivity contribution in [2.75, 3.05) is 26.2 Å². The molecule has 0 saturated carbocycles. The molecule has 0 amide bonds. The van der Waals surface area contributed by atoms with E-state index >= 15 is 0 Å². The van der Waals surface area contributed by atoms with Crippen LogP contribution >= 0.6 is 0 Å². The maximum absolute atomic E-state index is 9.32. The first-order valence-electron chi connectivity index (χ1n) is 5.84. The van der Waals surface area contributed by atoms with Crippen LogP contribution in [0.1, 0.15) is 40.0 Å². The molecule has 84 valence electrons. The van der Waals surface area contributed by atoms with Gasteiger partial charge in [-0.3, -0.25) is 0 Å². The molecule has 2 nitrogen and oxygen atoms in total. The third-order valence-electron chi connectivity index (χ3n) is 2.87. The van der Waals surface area contributed by atoms with Gasteiger partial charge in [0.15, 0.2) is 0 Å². The fourth-order valence-corrected chi connectivity index (χ4v) is 2.38. The summed E-state index contributed by atoms with van der Waals surface area (Å²) in [5, 5.41) is 9.32. The van der Waals surface area contributed by atoms with E-state index in [0.29, 0.717) is 17.9 Å². The van der Waals surface area contributed by atoms with E-state index in [1.54, 1.807) is 0 Å². The summed E-state index contributed by atoms with van der Waals surface area (Å²) in [7, 11) is 0. The molecule has 1 N–H and O–H groups in total. The second-order valence-electron chi connectivity index (χ2n) is 5.82. The van der Waals surface area contributed by atoms with Gasteiger partial charge >= 0.3 is 0 Å². The zero-order chi connectivity index (χ0) is 10.6. The third-order valence-corrected chi connectivity index (χ3v) is 2.87. The van der Waals surface area contributed by atoms with Crippen molar-refractivity contribution >= 4 is 0 Å². The number of rotatable bonds is 4. The van der Waals surface area contributed by atoms with Crippen molar-refractivity contribution in [3.63, 3.8) is 0 Å². The van der Waals surface area contributed by atoms with Crippen LogP contribution in [0, 0.1) is 11.3 Å². The van der Waals surface area contributed by atoms with E-state index in [1.807, 2.05) is 0 Å². The van der Waals surface area contributed by atoms with Gasteiger partial charge < -0.3 is 10.0 Å². The zero-order valence-corrected chi connectivity index (χ0v) is 9.92. The van der Waals surface area contributed by atoms with E-state index in [1.165, 1.54) is 25.9 Å². The molecule has 1 saturated heterocycles. The highest BCUT2D eigenvalue weighted by Crippen LogP contribution is 2.25. The SMILES string of the molecule is CC(C)(C)CC(CO)CN1CCCC1. The second-order valence-corrected chi connectivity index (χ2v) is 5.82. The fraction of sp³-hybridized carbons (Fsp3) is 1.00. The number of likely N-dealkylation sites (tertiary alicyclic amines) is 1. The van der Waals surface area contributed by atoms with E-state index in [-0.39, 0.29) is 0 Å². The van der Waals surface area contributed by atoms with Gasteiger partial charge in [0.05, 0.1) is 0 Å². The summed E-state index contributed by atoms with van der Waals surface area (Å²) in [4.78, 5) is 2.49. The van der Waals surface area contributed by atoms with Gasteiger partial charge in [-0.25, -0.2) is 0 Å². The van der Waals surface area contributed by atoms with Crippen molar-refractivity contribution in [1.29, 1.82) is 0 Å². The van der Waals surface area contributed by atoms with Crippen molar-refractivity contribution in [3.8, 4) is 0 Å². The Balaban J connectivity index is 2.30. The Hall–Kier alpha value is -0.0800. The minimum absolute atomic E-state index is 0.340. The molecule has 14 heavy (non-hydrogen) atoms. The van der Waals surface area contributed by atoms with E-state index < -0.39 is 0 Å². The van der Waals surface area contributed by atoms with Gasteiger partial charge in [0.1, 0.15) is 0 Å². The van der Waals surface area contributed by atoms with Crippen LogP contribution < -0.4 is 0 Å². The molecule has 2 heteroatoms. The summed E-state index contributed by atoms with van der Waals surface area (Å²) in [6, 6.07) is 0. The van der Waals surface area contributed by atoms with Crippen LogP contribution in [0.3, 0.4) is 0 Å². The van der Waals surface area contributed by atoms with Crippen LogP contribution in [-0.4, -0.2) is 36.2 Å². The van der Waals surface area contributed by atoms with Gasteiger partial charge in [0.2, 0.25) is 0 Å². The molecular formula is C12H25NO. The van der Waals surface area contributed by atoms with Crippen LogP contribution in [0.5, 0.6) is 0 Å². The first kappa shape index (κ1) is 12.0. The summed E-state index contributed by atoms with van der Waals surface area (Å²) < 4.78 is 0. The number of hydrogen-bond acceptors (Lipinski definition) is 2. The molecule has 0 aromatic carbocycles. The summed E-state index contributed by atoms with van der Waals surface area (Å²) in [6.45, 7) is 10.7. The highest BCUT2D eigenvalue weighted by molar-refractivity contribution is 4.74. The predicted octanol–water partition coefficient (Wildman–Crippen LogP) is 2.13. The van der Waals surface area contributed by atoms with Crippen LogP contribution in [0.15, 0.2) is 0 Å². The number of aliphatic hydroxyl groups excluding tert-OH is 1. The maximum atomic E-state index is 9.32.